The first-order chi connectivity index (χ1) is 6.08. The second-order valence-electron chi connectivity index (χ2n) is 5.11. The lowest BCUT2D eigenvalue weighted by atomic mass is 10.1. The van der Waals surface area contributed by atoms with Gasteiger partial charge in [-0.1, -0.05) is 12.8 Å². The van der Waals surface area contributed by atoms with Gasteiger partial charge < -0.3 is 10.6 Å². The third kappa shape index (κ3) is 5.27. The van der Waals surface area contributed by atoms with Crippen molar-refractivity contribution in [2.75, 3.05) is 13.1 Å². The van der Waals surface area contributed by atoms with E-state index in [0.29, 0.717) is 0 Å². The van der Waals surface area contributed by atoms with Crippen molar-refractivity contribution in [3.05, 3.63) is 0 Å². The van der Waals surface area contributed by atoms with Gasteiger partial charge in [-0.2, -0.15) is 0 Å². The molecule has 2 N–H and O–H groups in total. The molecule has 1 aliphatic rings. The lowest BCUT2D eigenvalue weighted by Gasteiger charge is -2.21. The van der Waals surface area contributed by atoms with Crippen LogP contribution in [-0.2, 0) is 0 Å². The molecule has 1 aliphatic carbocycles. The predicted molar refractivity (Wildman–Crippen MR) is 58.0 cm³/mol. The van der Waals surface area contributed by atoms with Crippen LogP contribution in [0.1, 0.15) is 46.5 Å². The number of hydrogen-bond donors (Lipinski definition) is 2. The van der Waals surface area contributed by atoms with E-state index in [2.05, 4.69) is 31.4 Å². The quantitative estimate of drug-likeness (QED) is 0.652. The van der Waals surface area contributed by atoms with Crippen LogP contribution in [-0.4, -0.2) is 24.7 Å². The lowest BCUT2D eigenvalue weighted by molar-refractivity contribution is 0.409. The predicted octanol–water partition coefficient (Wildman–Crippen LogP) is 1.91. The van der Waals surface area contributed by atoms with Crippen molar-refractivity contribution in [2.24, 2.45) is 0 Å². The zero-order valence-electron chi connectivity index (χ0n) is 9.32. The van der Waals surface area contributed by atoms with E-state index in [0.717, 1.165) is 19.1 Å². The Morgan fingerprint density at radius 2 is 1.69 bits per heavy atom. The second-order valence-corrected chi connectivity index (χ2v) is 5.11. The Labute approximate surface area is 82.5 Å². The average Bonchev–Trinajstić information content (AvgIpc) is 2.48. The van der Waals surface area contributed by atoms with Gasteiger partial charge in [0.1, 0.15) is 0 Å². The number of hydrogen-bond acceptors (Lipinski definition) is 2. The van der Waals surface area contributed by atoms with Crippen LogP contribution in [0.3, 0.4) is 0 Å². The molecule has 1 fully saturated rings. The summed E-state index contributed by atoms with van der Waals surface area (Å²) in [6.45, 7) is 8.83. The Bertz CT molecular complexity index is 132. The minimum atomic E-state index is 0.261. The molecule has 1 rings (SSSR count). The van der Waals surface area contributed by atoms with Crippen molar-refractivity contribution >= 4 is 0 Å². The van der Waals surface area contributed by atoms with Gasteiger partial charge >= 0.3 is 0 Å². The largest absolute Gasteiger partial charge is 0.313 e. The number of rotatable bonds is 4. The summed E-state index contributed by atoms with van der Waals surface area (Å²) in [6, 6.07) is 0.807. The summed E-state index contributed by atoms with van der Waals surface area (Å²) in [4.78, 5) is 0. The van der Waals surface area contributed by atoms with Crippen molar-refractivity contribution in [2.45, 2.75) is 58.0 Å². The van der Waals surface area contributed by atoms with E-state index in [-0.39, 0.29) is 5.54 Å². The minimum Gasteiger partial charge on any atom is -0.313 e. The van der Waals surface area contributed by atoms with Crippen molar-refractivity contribution < 1.29 is 0 Å². The molecule has 0 radical (unpaired) electrons. The van der Waals surface area contributed by atoms with Crippen LogP contribution in [0.4, 0.5) is 0 Å². The van der Waals surface area contributed by atoms with Crippen molar-refractivity contribution in [1.82, 2.24) is 10.6 Å². The molecule has 0 aromatic carbocycles. The second kappa shape index (κ2) is 4.97. The molecule has 0 amide bonds. The van der Waals surface area contributed by atoms with E-state index < -0.39 is 0 Å². The van der Waals surface area contributed by atoms with Gasteiger partial charge in [0.15, 0.2) is 0 Å². The Kier molecular flexibility index (Phi) is 4.20. The standard InChI is InChI=1S/C11H24N2/c1-11(2,3)13-9-8-12-10-6-4-5-7-10/h10,12-13H,4-9H2,1-3H3. The molecule has 0 heterocycles. The third-order valence-electron chi connectivity index (χ3n) is 2.57. The maximum absolute atomic E-state index is 3.59. The van der Waals surface area contributed by atoms with Crippen LogP contribution in [0.2, 0.25) is 0 Å². The van der Waals surface area contributed by atoms with Crippen LogP contribution in [0.15, 0.2) is 0 Å². The zero-order valence-corrected chi connectivity index (χ0v) is 9.32. The molecule has 0 unspecified atom stereocenters. The van der Waals surface area contributed by atoms with E-state index in [9.17, 15) is 0 Å². The normalized spacial score (nSPS) is 19.6. The van der Waals surface area contributed by atoms with Gasteiger partial charge in [-0.25, -0.2) is 0 Å². The molecule has 2 heteroatoms. The third-order valence-corrected chi connectivity index (χ3v) is 2.57. The van der Waals surface area contributed by atoms with Gasteiger partial charge in [-0.15, -0.1) is 0 Å². The van der Waals surface area contributed by atoms with E-state index in [4.69, 9.17) is 0 Å². The van der Waals surface area contributed by atoms with Crippen LogP contribution in [0.25, 0.3) is 0 Å². The van der Waals surface area contributed by atoms with Crippen LogP contribution in [0.5, 0.6) is 0 Å². The molecule has 0 aliphatic heterocycles. The highest BCUT2D eigenvalue weighted by molar-refractivity contribution is 4.75. The Morgan fingerprint density at radius 3 is 2.23 bits per heavy atom. The summed E-state index contributed by atoms with van der Waals surface area (Å²) in [5.41, 5.74) is 0.261. The summed E-state index contributed by atoms with van der Waals surface area (Å²) in [7, 11) is 0. The van der Waals surface area contributed by atoms with E-state index >= 15 is 0 Å². The fourth-order valence-corrected chi connectivity index (χ4v) is 1.84. The Balaban J connectivity index is 1.94. The molecule has 0 aromatic rings. The molecule has 0 bridgehead atoms. The van der Waals surface area contributed by atoms with E-state index in [1.807, 2.05) is 0 Å². The van der Waals surface area contributed by atoms with E-state index in [1.54, 1.807) is 0 Å². The summed E-state index contributed by atoms with van der Waals surface area (Å²) in [6.07, 6.45) is 5.61. The highest BCUT2D eigenvalue weighted by atomic mass is 15.0. The van der Waals surface area contributed by atoms with Gasteiger partial charge in [-0.3, -0.25) is 0 Å². The summed E-state index contributed by atoms with van der Waals surface area (Å²) in [5.74, 6) is 0. The molecular formula is C11H24N2. The van der Waals surface area contributed by atoms with Crippen molar-refractivity contribution in [3.63, 3.8) is 0 Å². The summed E-state index contributed by atoms with van der Waals surface area (Å²) in [5, 5.41) is 7.07. The molecule has 0 spiro atoms. The average molecular weight is 184 g/mol. The van der Waals surface area contributed by atoms with Gasteiger partial charge in [0.05, 0.1) is 0 Å². The van der Waals surface area contributed by atoms with Crippen LogP contribution >= 0.6 is 0 Å². The lowest BCUT2D eigenvalue weighted by Crippen LogP contribution is -2.41. The first-order valence-corrected chi connectivity index (χ1v) is 5.56. The Hall–Kier alpha value is -0.0800. The van der Waals surface area contributed by atoms with E-state index in [1.165, 1.54) is 25.7 Å². The summed E-state index contributed by atoms with van der Waals surface area (Å²) < 4.78 is 0. The van der Waals surface area contributed by atoms with Crippen LogP contribution < -0.4 is 10.6 Å². The minimum absolute atomic E-state index is 0.261. The fourth-order valence-electron chi connectivity index (χ4n) is 1.84. The molecule has 2 nitrogen and oxygen atoms in total. The molecule has 0 saturated heterocycles. The maximum atomic E-state index is 3.59. The molecular weight excluding hydrogens is 160 g/mol. The van der Waals surface area contributed by atoms with Gasteiger partial charge in [0, 0.05) is 24.7 Å². The highest BCUT2D eigenvalue weighted by Gasteiger charge is 2.14. The molecule has 1 saturated carbocycles. The monoisotopic (exact) mass is 184 g/mol. The molecule has 13 heavy (non-hydrogen) atoms. The summed E-state index contributed by atoms with van der Waals surface area (Å²) >= 11 is 0. The zero-order chi connectivity index (χ0) is 9.73. The van der Waals surface area contributed by atoms with Gasteiger partial charge in [0.25, 0.3) is 0 Å². The van der Waals surface area contributed by atoms with Gasteiger partial charge in [-0.05, 0) is 33.6 Å². The molecule has 0 aromatic heterocycles. The number of nitrogens with one attached hydrogen (secondary N) is 2. The van der Waals surface area contributed by atoms with Gasteiger partial charge in [0.2, 0.25) is 0 Å². The molecule has 0 atom stereocenters. The molecule has 78 valence electrons. The topological polar surface area (TPSA) is 24.1 Å². The van der Waals surface area contributed by atoms with Crippen LogP contribution in [0, 0.1) is 0 Å². The van der Waals surface area contributed by atoms with Crippen molar-refractivity contribution in [1.29, 1.82) is 0 Å². The highest BCUT2D eigenvalue weighted by Crippen LogP contribution is 2.17. The first kappa shape index (κ1) is 11.0. The SMILES string of the molecule is CC(C)(C)NCCNC1CCCC1. The van der Waals surface area contributed by atoms with Crippen molar-refractivity contribution in [3.8, 4) is 0 Å². The smallest absolute Gasteiger partial charge is 0.00970 e. The first-order valence-electron chi connectivity index (χ1n) is 5.56. The fraction of sp³-hybridized carbons (Fsp3) is 1.00. The maximum Gasteiger partial charge on any atom is 0.00970 e. The Morgan fingerprint density at radius 1 is 1.08 bits per heavy atom.